The molecule has 0 bridgehead atoms. The van der Waals surface area contributed by atoms with Crippen LogP contribution in [-0.2, 0) is 20.7 Å². The summed E-state index contributed by atoms with van der Waals surface area (Å²) in [5.74, 6) is -1.29. The van der Waals surface area contributed by atoms with Crippen LogP contribution < -0.4 is 5.73 Å². The van der Waals surface area contributed by atoms with E-state index in [2.05, 4.69) is 0 Å². The molecule has 1 aliphatic heterocycles. The van der Waals surface area contributed by atoms with E-state index < -0.39 is 30.2 Å². The summed E-state index contributed by atoms with van der Waals surface area (Å²) in [6, 6.07) is 18.8. The highest BCUT2D eigenvalue weighted by Gasteiger charge is 2.47. The molecular formula is C28H27Cl2FN2O3. The highest BCUT2D eigenvalue weighted by atomic mass is 35.5. The Morgan fingerprint density at radius 2 is 1.53 bits per heavy atom. The molecule has 188 valence electrons. The maximum Gasteiger partial charge on any atom is 0.253 e. The van der Waals surface area contributed by atoms with E-state index in [4.69, 9.17) is 33.7 Å². The number of carbonyl (C=O) groups is 2. The monoisotopic (exact) mass is 528 g/mol. The van der Waals surface area contributed by atoms with Crippen LogP contribution in [0.25, 0.3) is 0 Å². The van der Waals surface area contributed by atoms with E-state index in [1.54, 1.807) is 41.3 Å². The molecule has 0 unspecified atom stereocenters. The van der Waals surface area contributed by atoms with Crippen LogP contribution in [0.5, 0.6) is 0 Å². The standard InChI is InChI=1S/C28H27Cl2FN2O3/c1-2-3-23(27(32)34)33-25(18-6-10-20(29)11-7-18)26(19-8-12-21(30)13-9-19)36-24(28(33)35)16-17-4-14-22(31)15-5-17/h4-15,23-26H,2-3,16H2,1H3,(H2,32,34)/t23-,24+,25-,26+/m1/s1. The lowest BCUT2D eigenvalue weighted by Gasteiger charge is -2.47. The smallest absolute Gasteiger partial charge is 0.253 e. The minimum Gasteiger partial charge on any atom is -0.368 e. The van der Waals surface area contributed by atoms with Crippen molar-refractivity contribution in [2.24, 2.45) is 5.73 Å². The van der Waals surface area contributed by atoms with Crippen molar-refractivity contribution in [1.29, 1.82) is 0 Å². The molecule has 1 fully saturated rings. The fourth-order valence-corrected chi connectivity index (χ4v) is 4.93. The third kappa shape index (κ3) is 5.72. The van der Waals surface area contributed by atoms with E-state index in [0.717, 1.165) is 16.7 Å². The zero-order valence-corrected chi connectivity index (χ0v) is 21.3. The molecule has 5 nitrogen and oxygen atoms in total. The molecule has 2 amide bonds. The normalized spacial score (nSPS) is 20.8. The van der Waals surface area contributed by atoms with Gasteiger partial charge >= 0.3 is 0 Å². The Hall–Kier alpha value is -2.93. The van der Waals surface area contributed by atoms with Gasteiger partial charge in [0.05, 0.1) is 6.04 Å². The van der Waals surface area contributed by atoms with Crippen molar-refractivity contribution in [2.45, 2.75) is 50.5 Å². The Balaban J connectivity index is 1.84. The zero-order chi connectivity index (χ0) is 25.8. The van der Waals surface area contributed by atoms with Crippen LogP contribution in [0.1, 0.15) is 48.6 Å². The fourth-order valence-electron chi connectivity index (χ4n) is 4.68. The number of halogens is 3. The van der Waals surface area contributed by atoms with Gasteiger partial charge in [-0.2, -0.15) is 0 Å². The number of rotatable bonds is 8. The van der Waals surface area contributed by atoms with Crippen molar-refractivity contribution in [3.8, 4) is 0 Å². The number of benzene rings is 3. The Morgan fingerprint density at radius 3 is 2.06 bits per heavy atom. The molecule has 1 saturated heterocycles. The molecule has 3 aromatic rings. The molecule has 36 heavy (non-hydrogen) atoms. The number of hydrogen-bond donors (Lipinski definition) is 1. The molecule has 4 rings (SSSR count). The Bertz CT molecular complexity index is 1200. The first kappa shape index (κ1) is 26.1. The van der Waals surface area contributed by atoms with Gasteiger partial charge in [0.2, 0.25) is 5.91 Å². The van der Waals surface area contributed by atoms with Crippen LogP contribution in [0.15, 0.2) is 72.8 Å². The molecule has 1 heterocycles. The number of nitrogens with zero attached hydrogens (tertiary/aromatic N) is 1. The van der Waals surface area contributed by atoms with Crippen LogP contribution in [-0.4, -0.2) is 28.9 Å². The average molecular weight is 529 g/mol. The van der Waals surface area contributed by atoms with Crippen molar-refractivity contribution in [2.75, 3.05) is 0 Å². The fraction of sp³-hybridized carbons (Fsp3) is 0.286. The maximum absolute atomic E-state index is 14.0. The average Bonchev–Trinajstić information content (AvgIpc) is 2.86. The van der Waals surface area contributed by atoms with Gasteiger partial charge in [0.15, 0.2) is 0 Å². The number of ether oxygens (including phenoxy) is 1. The van der Waals surface area contributed by atoms with Gasteiger partial charge in [0.1, 0.15) is 24.1 Å². The van der Waals surface area contributed by atoms with Crippen LogP contribution in [0.4, 0.5) is 4.39 Å². The van der Waals surface area contributed by atoms with Crippen LogP contribution in [0.3, 0.4) is 0 Å². The van der Waals surface area contributed by atoms with Gasteiger partial charge in [0, 0.05) is 16.5 Å². The Morgan fingerprint density at radius 1 is 0.972 bits per heavy atom. The topological polar surface area (TPSA) is 72.6 Å². The van der Waals surface area contributed by atoms with E-state index in [0.29, 0.717) is 22.9 Å². The van der Waals surface area contributed by atoms with Crippen molar-refractivity contribution in [3.05, 3.63) is 105 Å². The summed E-state index contributed by atoms with van der Waals surface area (Å²) >= 11 is 12.3. The molecule has 0 spiro atoms. The van der Waals surface area contributed by atoms with Gasteiger partial charge in [-0.05, 0) is 59.5 Å². The first-order chi connectivity index (χ1) is 17.3. The molecule has 0 radical (unpaired) electrons. The minimum atomic E-state index is -0.904. The number of carbonyl (C=O) groups excluding carboxylic acids is 2. The Kier molecular flexibility index (Phi) is 8.29. The summed E-state index contributed by atoms with van der Waals surface area (Å²) < 4.78 is 20.0. The summed E-state index contributed by atoms with van der Waals surface area (Å²) in [6.45, 7) is 1.94. The van der Waals surface area contributed by atoms with E-state index in [-0.39, 0.29) is 18.1 Å². The number of primary amides is 1. The van der Waals surface area contributed by atoms with Crippen molar-refractivity contribution in [1.82, 2.24) is 4.90 Å². The van der Waals surface area contributed by atoms with Gasteiger partial charge in [-0.15, -0.1) is 0 Å². The summed E-state index contributed by atoms with van der Waals surface area (Å²) in [4.78, 5) is 28.2. The third-order valence-electron chi connectivity index (χ3n) is 6.40. The number of hydrogen-bond acceptors (Lipinski definition) is 3. The van der Waals surface area contributed by atoms with Crippen molar-refractivity contribution >= 4 is 35.0 Å². The van der Waals surface area contributed by atoms with E-state index in [9.17, 15) is 14.0 Å². The first-order valence-corrected chi connectivity index (χ1v) is 12.6. The van der Waals surface area contributed by atoms with Crippen molar-refractivity contribution in [3.63, 3.8) is 0 Å². The molecule has 1 aliphatic rings. The highest BCUT2D eigenvalue weighted by Crippen LogP contribution is 2.44. The second-order valence-electron chi connectivity index (χ2n) is 8.88. The first-order valence-electron chi connectivity index (χ1n) is 11.8. The third-order valence-corrected chi connectivity index (χ3v) is 6.90. The van der Waals surface area contributed by atoms with Crippen LogP contribution in [0, 0.1) is 5.82 Å². The number of morpholine rings is 1. The zero-order valence-electron chi connectivity index (χ0n) is 19.7. The second-order valence-corrected chi connectivity index (χ2v) is 9.75. The quantitative estimate of drug-likeness (QED) is 0.387. The summed E-state index contributed by atoms with van der Waals surface area (Å²) in [5.41, 5.74) is 8.13. The number of nitrogens with two attached hydrogens (primary N) is 1. The second kappa shape index (κ2) is 11.4. The van der Waals surface area contributed by atoms with Crippen LogP contribution in [0.2, 0.25) is 10.0 Å². The minimum absolute atomic E-state index is 0.213. The summed E-state index contributed by atoms with van der Waals surface area (Å²) in [5, 5.41) is 1.11. The van der Waals surface area contributed by atoms with E-state index in [1.807, 2.05) is 31.2 Å². The lowest BCUT2D eigenvalue weighted by atomic mass is 9.88. The van der Waals surface area contributed by atoms with Crippen LogP contribution >= 0.6 is 23.2 Å². The van der Waals surface area contributed by atoms with E-state index >= 15 is 0 Å². The molecule has 0 saturated carbocycles. The molecule has 0 aromatic heterocycles. The van der Waals surface area contributed by atoms with Gasteiger partial charge in [0.25, 0.3) is 5.91 Å². The molecule has 0 aliphatic carbocycles. The lowest BCUT2D eigenvalue weighted by molar-refractivity contribution is -0.181. The molecule has 4 atom stereocenters. The largest absolute Gasteiger partial charge is 0.368 e. The molecule has 3 aromatic carbocycles. The SMILES string of the molecule is CCC[C@H](C(N)=O)N1C(=O)[C@H](Cc2ccc(F)cc2)O[C@@H](c2ccc(Cl)cc2)[C@H]1c1ccc(Cl)cc1. The van der Waals surface area contributed by atoms with Gasteiger partial charge in [-0.25, -0.2) is 4.39 Å². The van der Waals surface area contributed by atoms with Gasteiger partial charge in [-0.3, -0.25) is 9.59 Å². The van der Waals surface area contributed by atoms with Crippen molar-refractivity contribution < 1.29 is 18.7 Å². The molecule has 8 heteroatoms. The van der Waals surface area contributed by atoms with Gasteiger partial charge in [-0.1, -0.05) is 72.9 Å². The summed E-state index contributed by atoms with van der Waals surface area (Å²) in [7, 11) is 0. The Labute approximate surface area is 219 Å². The lowest BCUT2D eigenvalue weighted by Crippen LogP contribution is -2.58. The predicted molar refractivity (Wildman–Crippen MR) is 138 cm³/mol. The van der Waals surface area contributed by atoms with E-state index in [1.165, 1.54) is 12.1 Å². The summed E-state index contributed by atoms with van der Waals surface area (Å²) in [6.07, 6.45) is -0.254. The predicted octanol–water partition coefficient (Wildman–Crippen LogP) is 6.04. The highest BCUT2D eigenvalue weighted by molar-refractivity contribution is 6.30. The van der Waals surface area contributed by atoms with Gasteiger partial charge < -0.3 is 15.4 Å². The molecular weight excluding hydrogens is 502 g/mol. The molecule has 2 N–H and O–H groups in total. The maximum atomic E-state index is 14.0. The number of amides is 2.